The number of carbonyl (C=O) groups excluding carboxylic acids is 1. The first kappa shape index (κ1) is 18.9. The van der Waals surface area contributed by atoms with E-state index >= 15 is 0 Å². The molecular formula is C19H26N6O2. The number of ether oxygens (including phenoxy) is 1. The van der Waals surface area contributed by atoms with Gasteiger partial charge in [0.2, 0.25) is 5.88 Å². The zero-order valence-corrected chi connectivity index (χ0v) is 16.4. The lowest BCUT2D eigenvalue weighted by Gasteiger charge is -2.27. The van der Waals surface area contributed by atoms with E-state index in [1.165, 1.54) is 0 Å². The predicted octanol–water partition coefficient (Wildman–Crippen LogP) is 2.52. The normalized spacial score (nSPS) is 11.9. The fourth-order valence-electron chi connectivity index (χ4n) is 3.07. The summed E-state index contributed by atoms with van der Waals surface area (Å²) in [5, 5.41) is 6.94. The Morgan fingerprint density at radius 1 is 1.33 bits per heavy atom. The summed E-state index contributed by atoms with van der Waals surface area (Å²) in [7, 11) is 5.88. The fourth-order valence-corrected chi connectivity index (χ4v) is 3.07. The standard InChI is InChI=1S/C19H26N6O2/c1-19(2,11-24(3)4)12-27-16-7-6-14-17(22-16)13(10-20-14)18(26)21-15-8-9-25(5)23-15/h6-10,20H,11-12H2,1-5H3,(H,21,23,26). The Bertz CT molecular complexity index is 941. The highest BCUT2D eigenvalue weighted by Crippen LogP contribution is 2.23. The number of fused-ring (bicyclic) bond motifs is 1. The summed E-state index contributed by atoms with van der Waals surface area (Å²) in [5.41, 5.74) is 1.79. The number of hydrogen-bond acceptors (Lipinski definition) is 5. The SMILES string of the molecule is CN(C)CC(C)(C)COc1ccc2[nH]cc(C(=O)Nc3ccn(C)n3)c2n1. The van der Waals surface area contributed by atoms with E-state index in [4.69, 9.17) is 4.74 Å². The topological polar surface area (TPSA) is 88.1 Å². The molecule has 0 aromatic carbocycles. The van der Waals surface area contributed by atoms with Crippen LogP contribution in [0, 0.1) is 5.41 Å². The zero-order chi connectivity index (χ0) is 19.6. The average molecular weight is 370 g/mol. The summed E-state index contributed by atoms with van der Waals surface area (Å²) >= 11 is 0. The van der Waals surface area contributed by atoms with Gasteiger partial charge in [0, 0.05) is 43.5 Å². The van der Waals surface area contributed by atoms with Crippen molar-refractivity contribution in [2.75, 3.05) is 32.6 Å². The third-order valence-corrected chi connectivity index (χ3v) is 4.05. The van der Waals surface area contributed by atoms with E-state index in [0.29, 0.717) is 29.4 Å². The van der Waals surface area contributed by atoms with Gasteiger partial charge in [0.15, 0.2) is 5.82 Å². The van der Waals surface area contributed by atoms with Crippen LogP contribution in [0.3, 0.4) is 0 Å². The van der Waals surface area contributed by atoms with Crippen LogP contribution in [-0.4, -0.2) is 57.8 Å². The molecule has 0 atom stereocenters. The molecule has 27 heavy (non-hydrogen) atoms. The van der Waals surface area contributed by atoms with Crippen molar-refractivity contribution in [2.45, 2.75) is 13.8 Å². The number of nitrogens with zero attached hydrogens (tertiary/aromatic N) is 4. The van der Waals surface area contributed by atoms with Gasteiger partial charge >= 0.3 is 0 Å². The minimum Gasteiger partial charge on any atom is -0.477 e. The number of nitrogens with one attached hydrogen (secondary N) is 2. The average Bonchev–Trinajstić information content (AvgIpc) is 3.17. The van der Waals surface area contributed by atoms with Crippen molar-refractivity contribution in [3.63, 3.8) is 0 Å². The van der Waals surface area contributed by atoms with Gasteiger partial charge in [-0.1, -0.05) is 13.8 Å². The minimum absolute atomic E-state index is 0.0164. The largest absolute Gasteiger partial charge is 0.477 e. The molecule has 0 unspecified atom stereocenters. The molecule has 3 rings (SSSR count). The van der Waals surface area contributed by atoms with Gasteiger partial charge in [-0.2, -0.15) is 5.10 Å². The number of rotatable bonds is 7. The summed E-state index contributed by atoms with van der Waals surface area (Å²) < 4.78 is 7.54. The maximum atomic E-state index is 12.6. The van der Waals surface area contributed by atoms with Crippen molar-refractivity contribution >= 4 is 22.8 Å². The highest BCUT2D eigenvalue weighted by molar-refractivity contribution is 6.11. The van der Waals surface area contributed by atoms with Gasteiger partial charge in [-0.25, -0.2) is 4.98 Å². The van der Waals surface area contributed by atoms with Crippen LogP contribution in [-0.2, 0) is 7.05 Å². The van der Waals surface area contributed by atoms with E-state index in [9.17, 15) is 4.79 Å². The molecule has 0 aliphatic heterocycles. The molecule has 3 aromatic rings. The summed E-state index contributed by atoms with van der Waals surface area (Å²) in [4.78, 5) is 22.3. The van der Waals surface area contributed by atoms with Crippen LogP contribution < -0.4 is 10.1 Å². The zero-order valence-electron chi connectivity index (χ0n) is 16.4. The predicted molar refractivity (Wildman–Crippen MR) is 105 cm³/mol. The first-order chi connectivity index (χ1) is 12.7. The first-order valence-electron chi connectivity index (χ1n) is 8.80. The van der Waals surface area contributed by atoms with Gasteiger partial charge in [0.25, 0.3) is 5.91 Å². The second kappa shape index (κ2) is 7.40. The molecule has 0 saturated carbocycles. The second-order valence-electron chi connectivity index (χ2n) is 7.77. The number of carbonyl (C=O) groups is 1. The number of aromatic amines is 1. The lowest BCUT2D eigenvalue weighted by molar-refractivity contribution is 0.102. The Hall–Kier alpha value is -2.87. The molecule has 0 aliphatic carbocycles. The highest BCUT2D eigenvalue weighted by Gasteiger charge is 2.21. The van der Waals surface area contributed by atoms with Crippen molar-refractivity contribution in [3.8, 4) is 5.88 Å². The summed E-state index contributed by atoms with van der Waals surface area (Å²) in [6.07, 6.45) is 3.42. The summed E-state index contributed by atoms with van der Waals surface area (Å²) in [5.74, 6) is 0.730. The number of amides is 1. The monoisotopic (exact) mass is 370 g/mol. The van der Waals surface area contributed by atoms with Crippen LogP contribution in [0.5, 0.6) is 5.88 Å². The Labute approximate surface area is 158 Å². The van der Waals surface area contributed by atoms with E-state index < -0.39 is 0 Å². The number of aromatic nitrogens is 4. The summed E-state index contributed by atoms with van der Waals surface area (Å²) in [6, 6.07) is 5.42. The third-order valence-electron chi connectivity index (χ3n) is 4.05. The number of pyridine rings is 1. The molecule has 2 N–H and O–H groups in total. The molecule has 0 bridgehead atoms. The van der Waals surface area contributed by atoms with Crippen LogP contribution in [0.1, 0.15) is 24.2 Å². The molecule has 3 aromatic heterocycles. The maximum absolute atomic E-state index is 12.6. The number of aryl methyl sites for hydroxylation is 1. The highest BCUT2D eigenvalue weighted by atomic mass is 16.5. The Balaban J connectivity index is 1.76. The van der Waals surface area contributed by atoms with Crippen LogP contribution in [0.25, 0.3) is 11.0 Å². The van der Waals surface area contributed by atoms with E-state index in [1.807, 2.05) is 26.2 Å². The molecule has 144 valence electrons. The van der Waals surface area contributed by atoms with Crippen LogP contribution >= 0.6 is 0 Å². The molecule has 8 nitrogen and oxygen atoms in total. The smallest absolute Gasteiger partial charge is 0.260 e. The molecule has 0 saturated heterocycles. The van der Waals surface area contributed by atoms with E-state index in [2.05, 4.69) is 39.1 Å². The van der Waals surface area contributed by atoms with Crippen molar-refractivity contribution in [2.24, 2.45) is 12.5 Å². The quantitative estimate of drug-likeness (QED) is 0.667. The van der Waals surface area contributed by atoms with Gasteiger partial charge in [-0.15, -0.1) is 0 Å². The van der Waals surface area contributed by atoms with Crippen molar-refractivity contribution < 1.29 is 9.53 Å². The van der Waals surface area contributed by atoms with Gasteiger partial charge < -0.3 is 19.9 Å². The Morgan fingerprint density at radius 3 is 2.78 bits per heavy atom. The van der Waals surface area contributed by atoms with Crippen LogP contribution in [0.2, 0.25) is 0 Å². The molecule has 3 heterocycles. The molecule has 8 heteroatoms. The van der Waals surface area contributed by atoms with Crippen molar-refractivity contribution in [1.82, 2.24) is 24.6 Å². The Morgan fingerprint density at radius 2 is 2.11 bits per heavy atom. The molecule has 0 aliphatic rings. The van der Waals surface area contributed by atoms with Crippen LogP contribution in [0.15, 0.2) is 30.6 Å². The minimum atomic E-state index is -0.266. The van der Waals surface area contributed by atoms with Crippen molar-refractivity contribution in [1.29, 1.82) is 0 Å². The summed E-state index contributed by atoms with van der Waals surface area (Å²) in [6.45, 7) is 5.72. The Kier molecular flexibility index (Phi) is 5.18. The van der Waals surface area contributed by atoms with E-state index in [1.54, 1.807) is 30.2 Å². The van der Waals surface area contributed by atoms with Gasteiger partial charge in [-0.3, -0.25) is 9.48 Å². The fraction of sp³-hybridized carbons (Fsp3) is 0.421. The third kappa shape index (κ3) is 4.65. The van der Waals surface area contributed by atoms with Crippen LogP contribution in [0.4, 0.5) is 5.82 Å². The molecule has 0 spiro atoms. The molecule has 0 fully saturated rings. The van der Waals surface area contributed by atoms with E-state index in [-0.39, 0.29) is 11.3 Å². The number of H-pyrrole nitrogens is 1. The molecular weight excluding hydrogens is 344 g/mol. The van der Waals surface area contributed by atoms with Gasteiger partial charge in [0.05, 0.1) is 17.7 Å². The lowest BCUT2D eigenvalue weighted by atomic mass is 9.94. The lowest BCUT2D eigenvalue weighted by Crippen LogP contribution is -2.33. The van der Waals surface area contributed by atoms with Crippen molar-refractivity contribution in [3.05, 3.63) is 36.2 Å². The maximum Gasteiger partial charge on any atom is 0.260 e. The number of anilines is 1. The number of hydrogen-bond donors (Lipinski definition) is 2. The van der Waals surface area contributed by atoms with Gasteiger partial charge in [-0.05, 0) is 20.2 Å². The van der Waals surface area contributed by atoms with E-state index in [0.717, 1.165) is 12.1 Å². The molecule has 1 amide bonds. The van der Waals surface area contributed by atoms with Gasteiger partial charge in [0.1, 0.15) is 5.52 Å². The first-order valence-corrected chi connectivity index (χ1v) is 8.80. The second-order valence-corrected chi connectivity index (χ2v) is 7.77. The molecule has 0 radical (unpaired) electrons.